The fraction of sp³-hybridized carbons (Fsp3) is 0.125. The molecule has 98 valence electrons. The second kappa shape index (κ2) is 3.93. The van der Waals surface area contributed by atoms with E-state index in [1.165, 1.54) is 16.7 Å². The van der Waals surface area contributed by atoms with Crippen molar-refractivity contribution in [2.75, 3.05) is 12.4 Å². The lowest BCUT2D eigenvalue weighted by molar-refractivity contribution is -0.112. The van der Waals surface area contributed by atoms with Crippen molar-refractivity contribution in [3.8, 4) is 5.88 Å². The van der Waals surface area contributed by atoms with E-state index in [0.29, 0.717) is 11.6 Å². The van der Waals surface area contributed by atoms with Crippen LogP contribution in [0.3, 0.4) is 0 Å². The third-order valence-corrected chi connectivity index (χ3v) is 3.72. The largest absolute Gasteiger partial charge is 0.481 e. The predicted octanol–water partition coefficient (Wildman–Crippen LogP) is 2.54. The number of rotatable bonds is 3. The van der Waals surface area contributed by atoms with Gasteiger partial charge in [0, 0.05) is 23.5 Å². The molecule has 3 aliphatic rings. The van der Waals surface area contributed by atoms with E-state index in [4.69, 9.17) is 4.74 Å². The van der Waals surface area contributed by atoms with Gasteiger partial charge < -0.3 is 10.1 Å². The molecule has 0 unspecified atom stereocenters. The van der Waals surface area contributed by atoms with Gasteiger partial charge in [0.2, 0.25) is 5.88 Å². The molecular formula is C16H12N2O2. The first kappa shape index (κ1) is 11.2. The van der Waals surface area contributed by atoms with Gasteiger partial charge in [-0.15, -0.1) is 0 Å². The molecule has 1 fully saturated rings. The highest BCUT2D eigenvalue weighted by Crippen LogP contribution is 2.51. The third kappa shape index (κ3) is 1.61. The summed E-state index contributed by atoms with van der Waals surface area (Å²) in [6.45, 7) is 0. The van der Waals surface area contributed by atoms with Crippen LogP contribution in [0.1, 0.15) is 6.42 Å². The highest BCUT2D eigenvalue weighted by Gasteiger charge is 2.35. The van der Waals surface area contributed by atoms with Crippen molar-refractivity contribution in [1.82, 2.24) is 4.98 Å². The molecule has 4 heteroatoms. The molecule has 0 saturated heterocycles. The summed E-state index contributed by atoms with van der Waals surface area (Å²) in [5.41, 5.74) is 6.44. The van der Waals surface area contributed by atoms with Gasteiger partial charge in [0.05, 0.1) is 7.11 Å². The van der Waals surface area contributed by atoms with Crippen LogP contribution in [0, 0.1) is 0 Å². The van der Waals surface area contributed by atoms with Gasteiger partial charge in [-0.1, -0.05) is 6.08 Å². The van der Waals surface area contributed by atoms with Gasteiger partial charge in [-0.2, -0.15) is 0 Å². The molecule has 0 spiro atoms. The van der Waals surface area contributed by atoms with Crippen LogP contribution in [0.15, 0.2) is 64.4 Å². The second-order valence-corrected chi connectivity index (χ2v) is 4.94. The van der Waals surface area contributed by atoms with Gasteiger partial charge in [-0.3, -0.25) is 4.79 Å². The van der Waals surface area contributed by atoms with E-state index in [1.54, 1.807) is 25.4 Å². The van der Waals surface area contributed by atoms with E-state index in [2.05, 4.69) is 16.4 Å². The Balaban J connectivity index is 1.60. The number of pyridine rings is 1. The van der Waals surface area contributed by atoms with Crippen LogP contribution >= 0.6 is 0 Å². The fourth-order valence-corrected chi connectivity index (χ4v) is 2.63. The summed E-state index contributed by atoms with van der Waals surface area (Å²) >= 11 is 0. The topological polar surface area (TPSA) is 51.2 Å². The second-order valence-electron chi connectivity index (χ2n) is 4.94. The highest BCUT2D eigenvalue weighted by atomic mass is 16.5. The van der Waals surface area contributed by atoms with Crippen LogP contribution in [0.2, 0.25) is 0 Å². The summed E-state index contributed by atoms with van der Waals surface area (Å²) in [6.07, 6.45) is 8.73. The van der Waals surface area contributed by atoms with Gasteiger partial charge in [-0.25, -0.2) is 4.98 Å². The van der Waals surface area contributed by atoms with Gasteiger partial charge >= 0.3 is 0 Å². The highest BCUT2D eigenvalue weighted by molar-refractivity contribution is 6.09. The van der Waals surface area contributed by atoms with E-state index in [0.717, 1.165) is 17.6 Å². The lowest BCUT2D eigenvalue weighted by Crippen LogP contribution is -2.13. The van der Waals surface area contributed by atoms with E-state index in [9.17, 15) is 4.79 Å². The van der Waals surface area contributed by atoms with Crippen LogP contribution in [-0.2, 0) is 4.79 Å². The molecule has 3 aliphatic carbocycles. The van der Waals surface area contributed by atoms with Gasteiger partial charge in [-0.05, 0) is 46.9 Å². The Kier molecular flexibility index (Phi) is 2.21. The molecule has 0 radical (unpaired) electrons. The van der Waals surface area contributed by atoms with Crippen molar-refractivity contribution >= 4 is 11.6 Å². The SMILES string of the molecule is COc1cc(NC(=O)C2=C3C=C4CC4=C3C=C2)ccn1. The Bertz CT molecular complexity index is 766. The molecule has 0 bridgehead atoms. The van der Waals surface area contributed by atoms with Crippen LogP contribution in [0.5, 0.6) is 5.88 Å². The Labute approximate surface area is 116 Å². The number of methoxy groups -OCH3 is 1. The normalized spacial score (nSPS) is 17.9. The van der Waals surface area contributed by atoms with Gasteiger partial charge in [0.1, 0.15) is 0 Å². The first-order chi connectivity index (χ1) is 9.76. The van der Waals surface area contributed by atoms with Crippen molar-refractivity contribution in [2.45, 2.75) is 6.42 Å². The van der Waals surface area contributed by atoms with Gasteiger partial charge in [0.15, 0.2) is 0 Å². The summed E-state index contributed by atoms with van der Waals surface area (Å²) in [7, 11) is 1.55. The number of anilines is 1. The van der Waals surface area contributed by atoms with E-state index < -0.39 is 0 Å². The molecule has 1 aromatic heterocycles. The minimum atomic E-state index is -0.0988. The number of amides is 1. The molecule has 1 heterocycles. The minimum Gasteiger partial charge on any atom is -0.481 e. The van der Waals surface area contributed by atoms with Crippen LogP contribution in [-0.4, -0.2) is 18.0 Å². The molecular weight excluding hydrogens is 252 g/mol. The van der Waals surface area contributed by atoms with E-state index >= 15 is 0 Å². The number of aromatic nitrogens is 1. The van der Waals surface area contributed by atoms with Crippen molar-refractivity contribution < 1.29 is 9.53 Å². The number of hydrogen-bond acceptors (Lipinski definition) is 3. The van der Waals surface area contributed by atoms with Crippen LogP contribution in [0.4, 0.5) is 5.69 Å². The molecule has 4 rings (SSSR count). The lowest BCUT2D eigenvalue weighted by Gasteiger charge is -2.07. The Morgan fingerprint density at radius 1 is 1.35 bits per heavy atom. The molecule has 0 aliphatic heterocycles. The average molecular weight is 264 g/mol. The summed E-state index contributed by atoms with van der Waals surface area (Å²) in [6, 6.07) is 3.44. The standard InChI is InChI=1S/C16H12N2O2/c1-20-15-8-10(4-5-17-15)18-16(19)12-3-2-11-13-6-9(13)7-14(11)12/h2-5,7-8H,6H2,1H3,(H,17,18,19). The Morgan fingerprint density at radius 3 is 3.10 bits per heavy atom. The maximum atomic E-state index is 12.3. The lowest BCUT2D eigenvalue weighted by atomic mass is 10.1. The average Bonchev–Trinajstić information content (AvgIpc) is 2.94. The Morgan fingerprint density at radius 2 is 2.25 bits per heavy atom. The van der Waals surface area contributed by atoms with Crippen molar-refractivity contribution in [1.29, 1.82) is 0 Å². The summed E-state index contributed by atoms with van der Waals surface area (Å²) < 4.78 is 5.05. The van der Waals surface area contributed by atoms with Crippen molar-refractivity contribution in [3.63, 3.8) is 0 Å². The zero-order chi connectivity index (χ0) is 13.7. The zero-order valence-electron chi connectivity index (χ0n) is 10.9. The smallest absolute Gasteiger partial charge is 0.256 e. The number of hydrogen-bond donors (Lipinski definition) is 1. The maximum absolute atomic E-state index is 12.3. The molecule has 1 amide bonds. The molecule has 0 aromatic carbocycles. The number of nitrogens with one attached hydrogen (secondary N) is 1. The third-order valence-electron chi connectivity index (χ3n) is 3.72. The number of allylic oxidation sites excluding steroid dienone is 6. The monoisotopic (exact) mass is 264 g/mol. The molecule has 0 atom stereocenters. The van der Waals surface area contributed by atoms with Crippen LogP contribution < -0.4 is 10.1 Å². The summed E-state index contributed by atoms with van der Waals surface area (Å²) in [5.74, 6) is 0.382. The molecule has 20 heavy (non-hydrogen) atoms. The number of carbonyl (C=O) groups excluding carboxylic acids is 1. The van der Waals surface area contributed by atoms with Crippen molar-refractivity contribution in [2.24, 2.45) is 0 Å². The Hall–Kier alpha value is -2.62. The number of carbonyl (C=O) groups is 1. The predicted molar refractivity (Wildman–Crippen MR) is 75.3 cm³/mol. The number of ether oxygens (including phenoxy) is 1. The molecule has 4 nitrogen and oxygen atoms in total. The quantitative estimate of drug-likeness (QED) is 0.912. The first-order valence-electron chi connectivity index (χ1n) is 6.44. The minimum absolute atomic E-state index is 0.0988. The van der Waals surface area contributed by atoms with E-state index in [1.807, 2.05) is 12.2 Å². The summed E-state index contributed by atoms with van der Waals surface area (Å²) in [4.78, 5) is 16.4. The van der Waals surface area contributed by atoms with Gasteiger partial charge in [0.25, 0.3) is 5.91 Å². The first-order valence-corrected chi connectivity index (χ1v) is 6.44. The fourth-order valence-electron chi connectivity index (χ4n) is 2.63. The van der Waals surface area contributed by atoms with Crippen LogP contribution in [0.25, 0.3) is 0 Å². The molecule has 1 saturated carbocycles. The van der Waals surface area contributed by atoms with Crippen molar-refractivity contribution in [3.05, 3.63) is 64.4 Å². The summed E-state index contributed by atoms with van der Waals surface area (Å²) in [5, 5.41) is 2.88. The zero-order valence-corrected chi connectivity index (χ0v) is 10.9. The van der Waals surface area contributed by atoms with E-state index in [-0.39, 0.29) is 5.91 Å². The molecule has 1 aromatic rings. The number of nitrogens with zero attached hydrogens (tertiary/aromatic N) is 1. The maximum Gasteiger partial charge on any atom is 0.256 e. The molecule has 1 N–H and O–H groups in total. The number of fused-ring (bicyclic) bond motifs is 2.